The fraction of sp³-hybridized carbons (Fsp3) is 0.409. The van der Waals surface area contributed by atoms with Crippen LogP contribution in [0.25, 0.3) is 0 Å². The van der Waals surface area contributed by atoms with Gasteiger partial charge in [0.05, 0.1) is 12.2 Å². The topological polar surface area (TPSA) is 77.8 Å². The summed E-state index contributed by atoms with van der Waals surface area (Å²) in [7, 11) is 0. The molecule has 0 saturated heterocycles. The van der Waals surface area contributed by atoms with Crippen LogP contribution >= 0.6 is 0 Å². The molecule has 0 spiro atoms. The van der Waals surface area contributed by atoms with Gasteiger partial charge in [-0.1, -0.05) is 79.8 Å². The zero-order chi connectivity index (χ0) is 19.5. The van der Waals surface area contributed by atoms with E-state index >= 15 is 0 Å². The van der Waals surface area contributed by atoms with Gasteiger partial charge in [0.25, 0.3) is 0 Å². The number of hydrogen-bond acceptors (Lipinski definition) is 3. The average Bonchev–Trinajstić information content (AvgIpc) is 2.61. The highest BCUT2D eigenvalue weighted by molar-refractivity contribution is 5.66. The molecule has 0 amide bonds. The maximum absolute atomic E-state index is 10.3. The van der Waals surface area contributed by atoms with Gasteiger partial charge in [-0.3, -0.25) is 4.79 Å². The molecule has 4 heteroatoms. The van der Waals surface area contributed by atoms with Crippen molar-refractivity contribution >= 4 is 5.97 Å². The van der Waals surface area contributed by atoms with Gasteiger partial charge in [0.15, 0.2) is 0 Å². The summed E-state index contributed by atoms with van der Waals surface area (Å²) in [6.45, 7) is 1.92. The minimum atomic E-state index is -0.770. The first-order chi connectivity index (χ1) is 12.6. The summed E-state index contributed by atoms with van der Waals surface area (Å²) in [6, 6.07) is 0. The zero-order valence-corrected chi connectivity index (χ0v) is 15.6. The van der Waals surface area contributed by atoms with Crippen molar-refractivity contribution in [2.24, 2.45) is 0 Å². The first-order valence-electron chi connectivity index (χ1n) is 9.10. The van der Waals surface area contributed by atoms with Crippen molar-refractivity contribution in [2.75, 3.05) is 0 Å². The third-order valence-corrected chi connectivity index (χ3v) is 3.36. The molecule has 144 valence electrons. The zero-order valence-electron chi connectivity index (χ0n) is 15.6. The fourth-order valence-electron chi connectivity index (χ4n) is 1.82. The highest BCUT2D eigenvalue weighted by Gasteiger charge is 1.93. The van der Waals surface area contributed by atoms with Crippen LogP contribution in [0, 0.1) is 0 Å². The van der Waals surface area contributed by atoms with Crippen molar-refractivity contribution < 1.29 is 20.1 Å². The summed E-state index contributed by atoms with van der Waals surface area (Å²) in [5.74, 6) is -0.770. The number of aliphatic carboxylic acids is 1. The molecule has 4 nitrogen and oxygen atoms in total. The summed E-state index contributed by atoms with van der Waals surface area (Å²) < 4.78 is 0. The second kappa shape index (κ2) is 17.6. The predicted molar refractivity (Wildman–Crippen MR) is 108 cm³/mol. The third kappa shape index (κ3) is 18.2. The largest absolute Gasteiger partial charge is 0.481 e. The lowest BCUT2D eigenvalue weighted by Gasteiger charge is -1.99. The fourth-order valence-corrected chi connectivity index (χ4v) is 1.82. The number of aliphatic hydroxyl groups is 2. The lowest BCUT2D eigenvalue weighted by molar-refractivity contribution is -0.136. The summed E-state index contributed by atoms with van der Waals surface area (Å²) in [5.41, 5.74) is 0. The molecule has 0 bridgehead atoms. The molecule has 0 rings (SSSR count). The van der Waals surface area contributed by atoms with Gasteiger partial charge in [-0.05, 0) is 32.1 Å². The van der Waals surface area contributed by atoms with Crippen LogP contribution in [0.2, 0.25) is 0 Å². The van der Waals surface area contributed by atoms with Crippen molar-refractivity contribution in [2.45, 2.75) is 57.7 Å². The van der Waals surface area contributed by atoms with E-state index in [1.165, 1.54) is 0 Å². The Balaban J connectivity index is 3.79. The Labute approximate surface area is 157 Å². The van der Waals surface area contributed by atoms with Crippen LogP contribution in [0.15, 0.2) is 72.9 Å². The van der Waals surface area contributed by atoms with E-state index in [0.29, 0.717) is 19.3 Å². The summed E-state index contributed by atoms with van der Waals surface area (Å²) in [4.78, 5) is 10.3. The van der Waals surface area contributed by atoms with Gasteiger partial charge >= 0.3 is 5.97 Å². The molecule has 3 N–H and O–H groups in total. The van der Waals surface area contributed by atoms with Crippen LogP contribution in [0.5, 0.6) is 0 Å². The van der Waals surface area contributed by atoms with Crippen LogP contribution in [0.4, 0.5) is 0 Å². The third-order valence-electron chi connectivity index (χ3n) is 3.36. The van der Waals surface area contributed by atoms with E-state index in [-0.39, 0.29) is 6.42 Å². The van der Waals surface area contributed by atoms with Gasteiger partial charge in [0.2, 0.25) is 0 Å². The van der Waals surface area contributed by atoms with E-state index in [1.807, 2.05) is 61.6 Å². The van der Waals surface area contributed by atoms with Crippen LogP contribution in [0.1, 0.15) is 45.4 Å². The van der Waals surface area contributed by atoms with Gasteiger partial charge in [-0.2, -0.15) is 0 Å². The quantitative estimate of drug-likeness (QED) is 0.315. The molecule has 0 heterocycles. The van der Waals surface area contributed by atoms with Crippen molar-refractivity contribution in [1.82, 2.24) is 0 Å². The molecule has 0 aromatic heterocycles. The normalized spacial score (nSPS) is 15.5. The number of aliphatic hydroxyl groups excluding tert-OH is 2. The van der Waals surface area contributed by atoms with Gasteiger partial charge in [0, 0.05) is 6.42 Å². The molecule has 0 aliphatic rings. The Morgan fingerprint density at radius 2 is 1.38 bits per heavy atom. The molecule has 0 aromatic carbocycles. The van der Waals surface area contributed by atoms with E-state index < -0.39 is 18.2 Å². The number of carboxylic acids is 1. The first kappa shape index (κ1) is 23.8. The molecule has 0 aliphatic carbocycles. The molecule has 0 fully saturated rings. The van der Waals surface area contributed by atoms with Crippen LogP contribution < -0.4 is 0 Å². The van der Waals surface area contributed by atoms with Gasteiger partial charge in [0.1, 0.15) is 0 Å². The Hall–Kier alpha value is -2.17. The highest BCUT2D eigenvalue weighted by Crippen LogP contribution is 1.99. The minimum Gasteiger partial charge on any atom is -0.481 e. The van der Waals surface area contributed by atoms with Gasteiger partial charge in [-0.15, -0.1) is 0 Å². The highest BCUT2D eigenvalue weighted by atomic mass is 16.4. The van der Waals surface area contributed by atoms with E-state index in [1.54, 1.807) is 18.2 Å². The van der Waals surface area contributed by atoms with Crippen molar-refractivity contribution in [1.29, 1.82) is 0 Å². The van der Waals surface area contributed by atoms with Crippen LogP contribution in [-0.4, -0.2) is 33.5 Å². The SMILES string of the molecule is CCC(O)C=CC=CCC(O)C=CC=CCC=CCC=CCCC(=O)O. The molecule has 0 aliphatic heterocycles. The number of allylic oxidation sites excluding steroid dienone is 9. The Morgan fingerprint density at radius 1 is 0.808 bits per heavy atom. The predicted octanol–water partition coefficient (Wildman–Crippen LogP) is 4.49. The maximum Gasteiger partial charge on any atom is 0.303 e. The van der Waals surface area contributed by atoms with Crippen LogP contribution in [0.3, 0.4) is 0 Å². The number of rotatable bonds is 14. The van der Waals surface area contributed by atoms with Crippen molar-refractivity contribution in [3.63, 3.8) is 0 Å². The lowest BCUT2D eigenvalue weighted by atomic mass is 10.2. The molecule has 2 atom stereocenters. The van der Waals surface area contributed by atoms with Crippen molar-refractivity contribution in [3.8, 4) is 0 Å². The molecule has 2 unspecified atom stereocenters. The summed E-state index contributed by atoms with van der Waals surface area (Å²) in [5, 5.41) is 27.6. The summed E-state index contributed by atoms with van der Waals surface area (Å²) >= 11 is 0. The number of carbonyl (C=O) groups is 1. The smallest absolute Gasteiger partial charge is 0.303 e. The van der Waals surface area contributed by atoms with E-state index in [0.717, 1.165) is 12.8 Å². The maximum atomic E-state index is 10.3. The Kier molecular flexibility index (Phi) is 16.2. The van der Waals surface area contributed by atoms with E-state index in [2.05, 4.69) is 0 Å². The molecular weight excluding hydrogens is 328 g/mol. The molecule has 0 radical (unpaired) electrons. The molecule has 0 saturated carbocycles. The Bertz CT molecular complexity index is 524. The average molecular weight is 360 g/mol. The lowest BCUT2D eigenvalue weighted by Crippen LogP contribution is -1.99. The monoisotopic (exact) mass is 360 g/mol. The Morgan fingerprint density at radius 3 is 2.04 bits per heavy atom. The molecule has 0 aromatic rings. The number of carboxylic acid groups (broad SMARTS) is 1. The van der Waals surface area contributed by atoms with Gasteiger partial charge < -0.3 is 15.3 Å². The van der Waals surface area contributed by atoms with Gasteiger partial charge in [-0.25, -0.2) is 0 Å². The van der Waals surface area contributed by atoms with Crippen LogP contribution in [-0.2, 0) is 4.79 Å². The summed E-state index contributed by atoms with van der Waals surface area (Å²) in [6.07, 6.45) is 25.3. The standard InChI is InChI=1S/C22H32O4/c1-2-20(23)16-13-11-14-18-21(24)17-12-9-7-5-3-4-6-8-10-15-19-22(25)26/h3-4,7-14,16-17,20-21,23-24H,2,5-6,15,18-19H2,1H3,(H,25,26). The second-order valence-corrected chi connectivity index (χ2v) is 5.75. The minimum absolute atomic E-state index is 0.176. The number of hydrogen-bond donors (Lipinski definition) is 3. The first-order valence-corrected chi connectivity index (χ1v) is 9.10. The van der Waals surface area contributed by atoms with Crippen molar-refractivity contribution in [3.05, 3.63) is 72.9 Å². The second-order valence-electron chi connectivity index (χ2n) is 5.75. The molecule has 26 heavy (non-hydrogen) atoms. The molecular formula is C22H32O4. The van der Waals surface area contributed by atoms with E-state index in [4.69, 9.17) is 5.11 Å². The van der Waals surface area contributed by atoms with E-state index in [9.17, 15) is 15.0 Å².